The Labute approximate surface area is 151 Å². The van der Waals surface area contributed by atoms with E-state index in [0.717, 1.165) is 11.8 Å². The van der Waals surface area contributed by atoms with Gasteiger partial charge in [0.15, 0.2) is 12.0 Å². The number of ether oxygens (including phenoxy) is 1. The zero-order valence-electron chi connectivity index (χ0n) is 14.8. The van der Waals surface area contributed by atoms with E-state index in [1.54, 1.807) is 25.1 Å². The van der Waals surface area contributed by atoms with Crippen molar-refractivity contribution in [2.45, 2.75) is 20.3 Å². The van der Waals surface area contributed by atoms with Gasteiger partial charge in [0, 0.05) is 18.2 Å². The van der Waals surface area contributed by atoms with Gasteiger partial charge in [0.1, 0.15) is 5.82 Å². The molecule has 0 unspecified atom stereocenters. The van der Waals surface area contributed by atoms with Gasteiger partial charge in [-0.25, -0.2) is 4.98 Å². The smallest absolute Gasteiger partial charge is 0.258 e. The molecule has 2 aromatic carbocycles. The van der Waals surface area contributed by atoms with E-state index in [2.05, 4.69) is 4.98 Å². The van der Waals surface area contributed by atoms with Crippen LogP contribution >= 0.6 is 0 Å². The number of para-hydroxylation sites is 1. The Hall–Kier alpha value is -3.21. The molecule has 5 nitrogen and oxygen atoms in total. The van der Waals surface area contributed by atoms with Crippen LogP contribution in [0, 0.1) is 6.92 Å². The van der Waals surface area contributed by atoms with Crippen LogP contribution in [0.4, 0.5) is 0 Å². The molecule has 1 aromatic heterocycles. The topological polar surface area (TPSA) is 61.2 Å². The zero-order chi connectivity index (χ0) is 18.5. The van der Waals surface area contributed by atoms with E-state index in [1.165, 1.54) is 10.6 Å². The van der Waals surface area contributed by atoms with Crippen LogP contribution in [0.3, 0.4) is 0 Å². The third-order valence-corrected chi connectivity index (χ3v) is 4.00. The number of aryl methyl sites for hydroxylation is 1. The van der Waals surface area contributed by atoms with E-state index >= 15 is 0 Å². The maximum Gasteiger partial charge on any atom is 0.258 e. The third kappa shape index (κ3) is 3.57. The van der Waals surface area contributed by atoms with Gasteiger partial charge in [-0.15, -0.1) is 0 Å². The molecule has 0 aliphatic rings. The number of benzene rings is 2. The van der Waals surface area contributed by atoms with Crippen molar-refractivity contribution in [1.29, 1.82) is 0 Å². The zero-order valence-corrected chi connectivity index (χ0v) is 14.8. The van der Waals surface area contributed by atoms with Crippen molar-refractivity contribution in [3.63, 3.8) is 0 Å². The Kier molecular flexibility index (Phi) is 5.27. The van der Waals surface area contributed by atoms with Crippen LogP contribution in [0.1, 0.15) is 34.4 Å². The first-order valence-corrected chi connectivity index (χ1v) is 8.49. The lowest BCUT2D eigenvalue weighted by Crippen LogP contribution is -2.24. The summed E-state index contributed by atoms with van der Waals surface area (Å²) in [5.41, 5.74) is 2.43. The van der Waals surface area contributed by atoms with Crippen LogP contribution in [-0.4, -0.2) is 22.4 Å². The molecule has 132 valence electrons. The van der Waals surface area contributed by atoms with Crippen molar-refractivity contribution in [3.05, 3.63) is 87.6 Å². The standard InChI is InChI=1S/C21H20N2O3/c1-3-26-21-17(14-24)10-7-11-18(21)23-19(22-15(2)12-20(23)25)13-16-8-5-4-6-9-16/h4-12,14H,3,13H2,1-2H3. The van der Waals surface area contributed by atoms with Crippen molar-refractivity contribution in [2.75, 3.05) is 6.61 Å². The highest BCUT2D eigenvalue weighted by atomic mass is 16.5. The molecule has 26 heavy (non-hydrogen) atoms. The molecule has 0 amide bonds. The molecule has 0 N–H and O–H groups in total. The average Bonchev–Trinajstić information content (AvgIpc) is 2.63. The monoisotopic (exact) mass is 348 g/mol. The van der Waals surface area contributed by atoms with Gasteiger partial charge in [0.05, 0.1) is 17.9 Å². The molecule has 0 radical (unpaired) electrons. The molecule has 0 fully saturated rings. The minimum absolute atomic E-state index is 0.201. The van der Waals surface area contributed by atoms with E-state index in [4.69, 9.17) is 4.74 Å². The molecule has 0 bridgehead atoms. The predicted molar refractivity (Wildman–Crippen MR) is 100 cm³/mol. The summed E-state index contributed by atoms with van der Waals surface area (Å²) in [7, 11) is 0. The Bertz CT molecular complexity index is 978. The molecule has 3 aromatic rings. The summed E-state index contributed by atoms with van der Waals surface area (Å²) in [6.45, 7) is 4.03. The average molecular weight is 348 g/mol. The fourth-order valence-electron chi connectivity index (χ4n) is 2.92. The van der Waals surface area contributed by atoms with Crippen molar-refractivity contribution in [1.82, 2.24) is 9.55 Å². The highest BCUT2D eigenvalue weighted by molar-refractivity contribution is 5.82. The fourth-order valence-corrected chi connectivity index (χ4v) is 2.92. The van der Waals surface area contributed by atoms with E-state index in [1.807, 2.05) is 37.3 Å². The van der Waals surface area contributed by atoms with E-state index in [9.17, 15) is 9.59 Å². The van der Waals surface area contributed by atoms with Crippen molar-refractivity contribution in [2.24, 2.45) is 0 Å². The van der Waals surface area contributed by atoms with Crippen molar-refractivity contribution in [3.8, 4) is 11.4 Å². The maximum atomic E-state index is 12.8. The maximum absolute atomic E-state index is 12.8. The molecule has 0 saturated carbocycles. The minimum atomic E-state index is -0.201. The van der Waals surface area contributed by atoms with Crippen LogP contribution in [-0.2, 0) is 6.42 Å². The summed E-state index contributed by atoms with van der Waals surface area (Å²) in [5.74, 6) is 0.997. The molecular formula is C21H20N2O3. The Morgan fingerprint density at radius 1 is 1.12 bits per heavy atom. The van der Waals surface area contributed by atoms with Gasteiger partial charge < -0.3 is 4.74 Å². The number of hydrogen-bond acceptors (Lipinski definition) is 4. The number of rotatable bonds is 6. The predicted octanol–water partition coefficient (Wildman–Crippen LogP) is 3.34. The minimum Gasteiger partial charge on any atom is -0.491 e. The molecule has 0 atom stereocenters. The lowest BCUT2D eigenvalue weighted by atomic mass is 10.1. The van der Waals surface area contributed by atoms with Crippen molar-refractivity contribution >= 4 is 6.29 Å². The summed E-state index contributed by atoms with van der Waals surface area (Å²) < 4.78 is 7.21. The lowest BCUT2D eigenvalue weighted by Gasteiger charge is -2.17. The summed E-state index contributed by atoms with van der Waals surface area (Å²) in [6, 6.07) is 16.5. The number of aromatic nitrogens is 2. The molecule has 0 aliphatic heterocycles. The lowest BCUT2D eigenvalue weighted by molar-refractivity contribution is 0.111. The molecular weight excluding hydrogens is 328 g/mol. The van der Waals surface area contributed by atoms with Crippen molar-refractivity contribution < 1.29 is 9.53 Å². The summed E-state index contributed by atoms with van der Waals surface area (Å²) in [6.07, 6.45) is 1.23. The summed E-state index contributed by atoms with van der Waals surface area (Å²) >= 11 is 0. The van der Waals surface area contributed by atoms with Gasteiger partial charge >= 0.3 is 0 Å². The second kappa shape index (κ2) is 7.78. The molecule has 0 saturated heterocycles. The molecule has 0 spiro atoms. The van der Waals surface area contributed by atoms with Gasteiger partial charge in [-0.2, -0.15) is 0 Å². The molecule has 1 heterocycles. The van der Waals surface area contributed by atoms with E-state index in [0.29, 0.717) is 41.5 Å². The van der Waals surface area contributed by atoms with Gasteiger partial charge in [0.2, 0.25) is 0 Å². The second-order valence-electron chi connectivity index (χ2n) is 5.90. The van der Waals surface area contributed by atoms with Gasteiger partial charge in [-0.05, 0) is 31.5 Å². The Morgan fingerprint density at radius 2 is 1.88 bits per heavy atom. The third-order valence-electron chi connectivity index (χ3n) is 4.00. The van der Waals surface area contributed by atoms with Crippen LogP contribution in [0.2, 0.25) is 0 Å². The van der Waals surface area contributed by atoms with Crippen LogP contribution in [0.5, 0.6) is 5.75 Å². The number of carbonyl (C=O) groups is 1. The number of carbonyl (C=O) groups excluding carboxylic acids is 1. The fraction of sp³-hybridized carbons (Fsp3) is 0.190. The van der Waals surface area contributed by atoms with Crippen LogP contribution in [0.15, 0.2) is 59.4 Å². The highest BCUT2D eigenvalue weighted by Gasteiger charge is 2.16. The Morgan fingerprint density at radius 3 is 2.58 bits per heavy atom. The Balaban J connectivity index is 2.22. The van der Waals surface area contributed by atoms with Gasteiger partial charge in [-0.3, -0.25) is 14.2 Å². The van der Waals surface area contributed by atoms with Crippen LogP contribution < -0.4 is 10.3 Å². The van der Waals surface area contributed by atoms with E-state index < -0.39 is 0 Å². The first kappa shape index (κ1) is 17.6. The molecule has 0 aliphatic carbocycles. The molecule has 5 heteroatoms. The number of hydrogen-bond donors (Lipinski definition) is 0. The van der Waals surface area contributed by atoms with Crippen LogP contribution in [0.25, 0.3) is 5.69 Å². The largest absolute Gasteiger partial charge is 0.491 e. The van der Waals surface area contributed by atoms with Gasteiger partial charge in [0.25, 0.3) is 5.56 Å². The molecule has 3 rings (SSSR count). The van der Waals surface area contributed by atoms with E-state index in [-0.39, 0.29) is 5.56 Å². The first-order chi connectivity index (χ1) is 12.6. The normalized spacial score (nSPS) is 10.5. The second-order valence-corrected chi connectivity index (χ2v) is 5.90. The SMILES string of the molecule is CCOc1c(C=O)cccc1-n1c(Cc2ccccc2)nc(C)cc1=O. The first-order valence-electron chi connectivity index (χ1n) is 8.49. The highest BCUT2D eigenvalue weighted by Crippen LogP contribution is 2.27. The number of aldehydes is 1. The summed E-state index contributed by atoms with van der Waals surface area (Å²) in [5, 5.41) is 0. The summed E-state index contributed by atoms with van der Waals surface area (Å²) in [4.78, 5) is 28.8. The quantitative estimate of drug-likeness (QED) is 0.641. The number of nitrogens with zero attached hydrogens (tertiary/aromatic N) is 2. The van der Waals surface area contributed by atoms with Gasteiger partial charge in [-0.1, -0.05) is 36.4 Å².